The van der Waals surface area contributed by atoms with Crippen molar-refractivity contribution in [1.29, 1.82) is 5.26 Å². The molecule has 0 amide bonds. The molecule has 1 N–H and O–H groups in total. The van der Waals surface area contributed by atoms with Gasteiger partial charge in [0.2, 0.25) is 0 Å². The second-order valence-electron chi connectivity index (χ2n) is 3.57. The van der Waals surface area contributed by atoms with Gasteiger partial charge in [-0.05, 0) is 37.3 Å². The number of rotatable bonds is 2. The van der Waals surface area contributed by atoms with Gasteiger partial charge in [0.15, 0.2) is 0 Å². The van der Waals surface area contributed by atoms with Crippen LogP contribution in [0.5, 0.6) is 0 Å². The molecule has 0 aliphatic heterocycles. The van der Waals surface area contributed by atoms with E-state index in [1.807, 2.05) is 19.1 Å². The first-order chi connectivity index (χ1) is 8.20. The molecule has 17 heavy (non-hydrogen) atoms. The van der Waals surface area contributed by atoms with Crippen LogP contribution in [0, 0.1) is 24.1 Å². The molecule has 2 rings (SSSR count). The number of nitriles is 1. The van der Waals surface area contributed by atoms with Crippen molar-refractivity contribution >= 4 is 11.4 Å². The van der Waals surface area contributed by atoms with Crippen LogP contribution < -0.4 is 5.32 Å². The van der Waals surface area contributed by atoms with Crippen LogP contribution in [0.3, 0.4) is 0 Å². The molecular formula is C13H10FN3. The number of halogens is 1. The molecule has 3 nitrogen and oxygen atoms in total. The van der Waals surface area contributed by atoms with Crippen molar-refractivity contribution in [3.05, 3.63) is 53.6 Å². The van der Waals surface area contributed by atoms with Crippen molar-refractivity contribution in [1.82, 2.24) is 4.98 Å². The molecular weight excluding hydrogens is 217 g/mol. The molecule has 0 fully saturated rings. The van der Waals surface area contributed by atoms with Gasteiger partial charge < -0.3 is 5.32 Å². The zero-order valence-corrected chi connectivity index (χ0v) is 9.24. The zero-order valence-electron chi connectivity index (χ0n) is 9.24. The summed E-state index contributed by atoms with van der Waals surface area (Å²) in [5.74, 6) is -0.452. The monoisotopic (exact) mass is 227 g/mol. The summed E-state index contributed by atoms with van der Waals surface area (Å²) >= 11 is 0. The summed E-state index contributed by atoms with van der Waals surface area (Å²) in [5.41, 5.74) is 2.17. The molecule has 1 aromatic heterocycles. The first-order valence-corrected chi connectivity index (χ1v) is 5.09. The fourth-order valence-electron chi connectivity index (χ4n) is 1.45. The van der Waals surface area contributed by atoms with E-state index in [2.05, 4.69) is 10.3 Å². The summed E-state index contributed by atoms with van der Waals surface area (Å²) in [7, 11) is 0. The summed E-state index contributed by atoms with van der Waals surface area (Å²) in [5, 5.41) is 11.6. The van der Waals surface area contributed by atoms with Crippen molar-refractivity contribution in [2.75, 3.05) is 5.32 Å². The molecule has 0 saturated heterocycles. The van der Waals surface area contributed by atoms with Crippen LogP contribution in [0.25, 0.3) is 0 Å². The first kappa shape index (κ1) is 11.1. The van der Waals surface area contributed by atoms with E-state index in [1.54, 1.807) is 24.4 Å². The van der Waals surface area contributed by atoms with Gasteiger partial charge in [-0.3, -0.25) is 4.98 Å². The van der Waals surface area contributed by atoms with Crippen LogP contribution in [0.15, 0.2) is 36.5 Å². The van der Waals surface area contributed by atoms with E-state index in [-0.39, 0.29) is 0 Å². The van der Waals surface area contributed by atoms with Gasteiger partial charge in [0.25, 0.3) is 0 Å². The minimum Gasteiger partial charge on any atom is -0.352 e. The van der Waals surface area contributed by atoms with Crippen LogP contribution in [-0.2, 0) is 0 Å². The number of anilines is 2. The fraction of sp³-hybridized carbons (Fsp3) is 0.0769. The normalized spacial score (nSPS) is 9.71. The molecule has 0 spiro atoms. The van der Waals surface area contributed by atoms with Crippen LogP contribution in [0.4, 0.5) is 15.8 Å². The number of aryl methyl sites for hydroxylation is 1. The lowest BCUT2D eigenvalue weighted by molar-refractivity contribution is 0.631. The van der Waals surface area contributed by atoms with E-state index in [9.17, 15) is 4.39 Å². The Labute approximate surface area is 98.5 Å². The molecule has 0 aliphatic rings. The average molecular weight is 227 g/mol. The summed E-state index contributed by atoms with van der Waals surface area (Å²) < 4.78 is 13.6. The Morgan fingerprint density at radius 2 is 2.12 bits per heavy atom. The largest absolute Gasteiger partial charge is 0.352 e. The Kier molecular flexibility index (Phi) is 3.01. The van der Waals surface area contributed by atoms with Gasteiger partial charge in [0.05, 0.1) is 28.7 Å². The quantitative estimate of drug-likeness (QED) is 0.857. The van der Waals surface area contributed by atoms with E-state index in [0.29, 0.717) is 11.3 Å². The average Bonchev–Trinajstić information content (AvgIpc) is 2.34. The van der Waals surface area contributed by atoms with Gasteiger partial charge in [0, 0.05) is 6.20 Å². The Morgan fingerprint density at radius 1 is 1.29 bits per heavy atom. The molecule has 0 bridgehead atoms. The predicted molar refractivity (Wildman–Crippen MR) is 63.4 cm³/mol. The second-order valence-corrected chi connectivity index (χ2v) is 3.57. The lowest BCUT2D eigenvalue weighted by Gasteiger charge is -2.09. The topological polar surface area (TPSA) is 48.7 Å². The maximum absolute atomic E-state index is 13.6. The maximum atomic E-state index is 13.6. The van der Waals surface area contributed by atoms with Gasteiger partial charge in [-0.15, -0.1) is 0 Å². The number of hydrogen-bond donors (Lipinski definition) is 1. The lowest BCUT2D eigenvalue weighted by atomic mass is 10.2. The van der Waals surface area contributed by atoms with E-state index >= 15 is 0 Å². The van der Waals surface area contributed by atoms with Crippen LogP contribution in [0.2, 0.25) is 0 Å². The van der Waals surface area contributed by atoms with Gasteiger partial charge in [-0.1, -0.05) is 0 Å². The van der Waals surface area contributed by atoms with Crippen molar-refractivity contribution in [2.24, 2.45) is 0 Å². The van der Waals surface area contributed by atoms with Crippen molar-refractivity contribution in [3.8, 4) is 6.07 Å². The van der Waals surface area contributed by atoms with Crippen LogP contribution >= 0.6 is 0 Å². The van der Waals surface area contributed by atoms with Gasteiger partial charge in [-0.2, -0.15) is 5.26 Å². The number of hydrogen-bond acceptors (Lipinski definition) is 3. The standard InChI is InChI=1S/C13H10FN3/c1-9-12(3-2-6-16-9)17-13-5-4-10(8-15)7-11(13)14/h2-7,17H,1H3. The van der Waals surface area contributed by atoms with Crippen LogP contribution in [-0.4, -0.2) is 4.98 Å². The number of nitrogens with zero attached hydrogens (tertiary/aromatic N) is 2. The molecule has 0 radical (unpaired) electrons. The summed E-state index contributed by atoms with van der Waals surface area (Å²) in [6.07, 6.45) is 1.68. The van der Waals surface area contributed by atoms with Crippen molar-refractivity contribution < 1.29 is 4.39 Å². The Morgan fingerprint density at radius 3 is 2.76 bits per heavy atom. The Hall–Kier alpha value is -2.41. The molecule has 4 heteroatoms. The van der Waals surface area contributed by atoms with Gasteiger partial charge >= 0.3 is 0 Å². The van der Waals surface area contributed by atoms with Crippen molar-refractivity contribution in [3.63, 3.8) is 0 Å². The minimum absolute atomic E-state index is 0.302. The summed E-state index contributed by atoms with van der Waals surface area (Å²) in [6, 6.07) is 9.80. The maximum Gasteiger partial charge on any atom is 0.147 e. The SMILES string of the molecule is Cc1ncccc1Nc1ccc(C#N)cc1F. The number of aromatic nitrogens is 1. The van der Waals surface area contributed by atoms with E-state index in [4.69, 9.17) is 5.26 Å². The second kappa shape index (κ2) is 4.62. The third kappa shape index (κ3) is 2.40. The van der Waals surface area contributed by atoms with Crippen LogP contribution in [0.1, 0.15) is 11.3 Å². The van der Waals surface area contributed by atoms with E-state index in [0.717, 1.165) is 11.4 Å². The molecule has 1 heterocycles. The highest BCUT2D eigenvalue weighted by molar-refractivity contribution is 5.62. The molecule has 84 valence electrons. The minimum atomic E-state index is -0.452. The highest BCUT2D eigenvalue weighted by Crippen LogP contribution is 2.22. The van der Waals surface area contributed by atoms with Gasteiger partial charge in [0.1, 0.15) is 5.82 Å². The predicted octanol–water partition coefficient (Wildman–Crippen LogP) is 3.14. The molecule has 0 aliphatic carbocycles. The molecule has 0 atom stereocenters. The van der Waals surface area contributed by atoms with E-state index in [1.165, 1.54) is 6.07 Å². The highest BCUT2D eigenvalue weighted by atomic mass is 19.1. The smallest absolute Gasteiger partial charge is 0.147 e. The van der Waals surface area contributed by atoms with Gasteiger partial charge in [-0.25, -0.2) is 4.39 Å². The number of benzene rings is 1. The molecule has 0 saturated carbocycles. The Bertz CT molecular complexity index is 587. The summed E-state index contributed by atoms with van der Waals surface area (Å²) in [4.78, 5) is 4.10. The van der Waals surface area contributed by atoms with Crippen molar-refractivity contribution in [2.45, 2.75) is 6.92 Å². The molecule has 2 aromatic rings. The third-order valence-corrected chi connectivity index (χ3v) is 2.37. The molecule has 1 aromatic carbocycles. The van der Waals surface area contributed by atoms with E-state index < -0.39 is 5.82 Å². The number of pyridine rings is 1. The first-order valence-electron chi connectivity index (χ1n) is 5.09. The number of nitrogens with one attached hydrogen (secondary N) is 1. The fourth-order valence-corrected chi connectivity index (χ4v) is 1.45. The zero-order chi connectivity index (χ0) is 12.3. The lowest BCUT2D eigenvalue weighted by Crippen LogP contribution is -1.97. The highest BCUT2D eigenvalue weighted by Gasteiger charge is 2.05. The molecule has 0 unspecified atom stereocenters. The Balaban J connectivity index is 2.32. The summed E-state index contributed by atoms with van der Waals surface area (Å²) in [6.45, 7) is 1.84. The third-order valence-electron chi connectivity index (χ3n) is 2.37.